The summed E-state index contributed by atoms with van der Waals surface area (Å²) >= 11 is 0. The molecule has 1 unspecified atom stereocenters. The Morgan fingerprint density at radius 1 is 1.50 bits per heavy atom. The first-order valence-corrected chi connectivity index (χ1v) is 6.55. The summed E-state index contributed by atoms with van der Waals surface area (Å²) < 4.78 is 0. The van der Waals surface area contributed by atoms with Gasteiger partial charge in [0.05, 0.1) is 17.0 Å². The molecule has 0 spiro atoms. The van der Waals surface area contributed by atoms with Crippen LogP contribution in [0.5, 0.6) is 0 Å². The number of hydrogen-bond acceptors (Lipinski definition) is 3. The quantitative estimate of drug-likeness (QED) is 0.911. The Kier molecular flexibility index (Phi) is 3.75. The molecule has 1 atom stereocenters. The number of aliphatic carboxylic acids is 1. The molecule has 5 heteroatoms. The van der Waals surface area contributed by atoms with Crippen LogP contribution >= 0.6 is 0 Å². The molecule has 0 saturated carbocycles. The van der Waals surface area contributed by atoms with Crippen molar-refractivity contribution >= 4 is 11.9 Å². The zero-order valence-corrected chi connectivity index (χ0v) is 11.3. The van der Waals surface area contributed by atoms with E-state index in [0.717, 1.165) is 0 Å². The molecule has 5 nitrogen and oxygen atoms in total. The highest BCUT2D eigenvalue weighted by Crippen LogP contribution is 2.34. The highest BCUT2D eigenvalue weighted by atomic mass is 16.4. The third-order valence-electron chi connectivity index (χ3n) is 4.01. The summed E-state index contributed by atoms with van der Waals surface area (Å²) in [5, 5.41) is 18.2. The molecule has 104 valence electrons. The van der Waals surface area contributed by atoms with Crippen LogP contribution in [0.25, 0.3) is 0 Å². The SMILES string of the molecule is CCC1(C(=O)O)CCN(C(=O)c2cccc(C#N)c2)C1. The molecule has 1 heterocycles. The molecule has 1 fully saturated rings. The number of carbonyl (C=O) groups is 2. The highest BCUT2D eigenvalue weighted by molar-refractivity contribution is 5.95. The van der Waals surface area contributed by atoms with Gasteiger partial charge in [-0.05, 0) is 31.0 Å². The molecule has 2 rings (SSSR count). The summed E-state index contributed by atoms with van der Waals surface area (Å²) in [6, 6.07) is 8.47. The van der Waals surface area contributed by atoms with Crippen LogP contribution in [0.1, 0.15) is 35.7 Å². The summed E-state index contributed by atoms with van der Waals surface area (Å²) in [4.78, 5) is 25.3. The molecule has 20 heavy (non-hydrogen) atoms. The summed E-state index contributed by atoms with van der Waals surface area (Å²) in [7, 11) is 0. The topological polar surface area (TPSA) is 81.4 Å². The number of carboxylic acid groups (broad SMARTS) is 1. The molecule has 1 aliphatic rings. The summed E-state index contributed by atoms with van der Waals surface area (Å²) in [6.45, 7) is 2.50. The van der Waals surface area contributed by atoms with Crippen LogP contribution in [0.15, 0.2) is 24.3 Å². The lowest BCUT2D eigenvalue weighted by molar-refractivity contribution is -0.148. The molecular weight excluding hydrogens is 256 g/mol. The van der Waals surface area contributed by atoms with Gasteiger partial charge in [0.1, 0.15) is 0 Å². The molecule has 1 amide bonds. The van der Waals surface area contributed by atoms with E-state index < -0.39 is 11.4 Å². The summed E-state index contributed by atoms with van der Waals surface area (Å²) in [5.41, 5.74) is 0.0269. The standard InChI is InChI=1S/C15H16N2O3/c1-2-15(14(19)20)6-7-17(10-15)13(18)12-5-3-4-11(8-12)9-16/h3-5,8H,2,6-7,10H2,1H3,(H,19,20). The van der Waals surface area contributed by atoms with Gasteiger partial charge in [0.15, 0.2) is 0 Å². The van der Waals surface area contributed by atoms with E-state index in [0.29, 0.717) is 30.5 Å². The van der Waals surface area contributed by atoms with E-state index in [2.05, 4.69) is 0 Å². The van der Waals surface area contributed by atoms with Crippen molar-refractivity contribution in [3.8, 4) is 6.07 Å². The number of likely N-dealkylation sites (tertiary alicyclic amines) is 1. The molecular formula is C15H16N2O3. The van der Waals surface area contributed by atoms with Crippen LogP contribution in [-0.2, 0) is 4.79 Å². The molecule has 0 radical (unpaired) electrons. The Labute approximate surface area is 117 Å². The van der Waals surface area contributed by atoms with E-state index in [-0.39, 0.29) is 12.5 Å². The number of carboxylic acids is 1. The Morgan fingerprint density at radius 3 is 2.80 bits per heavy atom. The minimum absolute atomic E-state index is 0.210. The van der Waals surface area contributed by atoms with Crippen LogP contribution in [0.3, 0.4) is 0 Å². The van der Waals surface area contributed by atoms with Crippen molar-refractivity contribution in [2.75, 3.05) is 13.1 Å². The number of carbonyl (C=O) groups excluding carboxylic acids is 1. The molecule has 1 saturated heterocycles. The monoisotopic (exact) mass is 272 g/mol. The first-order valence-electron chi connectivity index (χ1n) is 6.55. The first kappa shape index (κ1) is 14.1. The van der Waals surface area contributed by atoms with Gasteiger partial charge in [0, 0.05) is 18.7 Å². The normalized spacial score (nSPS) is 21.5. The lowest BCUT2D eigenvalue weighted by Gasteiger charge is -2.23. The lowest BCUT2D eigenvalue weighted by Crippen LogP contribution is -2.36. The van der Waals surface area contributed by atoms with Gasteiger partial charge >= 0.3 is 5.97 Å². The molecule has 0 aromatic heterocycles. The zero-order chi connectivity index (χ0) is 14.8. The van der Waals surface area contributed by atoms with Crippen molar-refractivity contribution in [2.45, 2.75) is 19.8 Å². The van der Waals surface area contributed by atoms with E-state index in [1.807, 2.05) is 13.0 Å². The van der Waals surface area contributed by atoms with Gasteiger partial charge in [-0.1, -0.05) is 13.0 Å². The van der Waals surface area contributed by atoms with E-state index in [9.17, 15) is 14.7 Å². The number of rotatable bonds is 3. The van der Waals surface area contributed by atoms with Crippen LogP contribution in [-0.4, -0.2) is 35.0 Å². The fraction of sp³-hybridized carbons (Fsp3) is 0.400. The number of nitrogens with zero attached hydrogens (tertiary/aromatic N) is 2. The Balaban J connectivity index is 2.19. The molecule has 1 aromatic rings. The third kappa shape index (κ3) is 2.37. The van der Waals surface area contributed by atoms with Gasteiger partial charge in [-0.3, -0.25) is 9.59 Å². The van der Waals surface area contributed by atoms with Gasteiger partial charge < -0.3 is 10.0 Å². The second kappa shape index (κ2) is 5.33. The second-order valence-electron chi connectivity index (χ2n) is 5.11. The summed E-state index contributed by atoms with van der Waals surface area (Å²) in [6.07, 6.45) is 0.979. The number of hydrogen-bond donors (Lipinski definition) is 1. The maximum Gasteiger partial charge on any atom is 0.311 e. The smallest absolute Gasteiger partial charge is 0.311 e. The van der Waals surface area contributed by atoms with Gasteiger partial charge in [0.2, 0.25) is 0 Å². The van der Waals surface area contributed by atoms with Crippen LogP contribution in [0.2, 0.25) is 0 Å². The highest BCUT2D eigenvalue weighted by Gasteiger charge is 2.44. The van der Waals surface area contributed by atoms with Crippen molar-refractivity contribution < 1.29 is 14.7 Å². The maximum absolute atomic E-state index is 12.4. The third-order valence-corrected chi connectivity index (χ3v) is 4.01. The Hall–Kier alpha value is -2.35. The minimum atomic E-state index is -0.846. The Bertz CT molecular complexity index is 591. The van der Waals surface area contributed by atoms with Crippen LogP contribution in [0.4, 0.5) is 0 Å². The van der Waals surface area contributed by atoms with E-state index in [1.54, 1.807) is 23.1 Å². The second-order valence-corrected chi connectivity index (χ2v) is 5.11. The average Bonchev–Trinajstić information content (AvgIpc) is 2.92. The zero-order valence-electron chi connectivity index (χ0n) is 11.3. The van der Waals surface area contributed by atoms with Gasteiger partial charge in [0.25, 0.3) is 5.91 Å². The van der Waals surface area contributed by atoms with Crippen molar-refractivity contribution in [3.63, 3.8) is 0 Å². The molecule has 0 aliphatic carbocycles. The van der Waals surface area contributed by atoms with Crippen molar-refractivity contribution in [2.24, 2.45) is 5.41 Å². The fourth-order valence-electron chi connectivity index (χ4n) is 2.56. The van der Waals surface area contributed by atoms with Crippen molar-refractivity contribution in [1.29, 1.82) is 5.26 Å². The average molecular weight is 272 g/mol. The summed E-state index contributed by atoms with van der Waals surface area (Å²) in [5.74, 6) is -1.06. The largest absolute Gasteiger partial charge is 0.481 e. The molecule has 0 bridgehead atoms. The predicted octanol–water partition coefficient (Wildman–Crippen LogP) is 1.89. The lowest BCUT2D eigenvalue weighted by atomic mass is 9.84. The molecule has 1 N–H and O–H groups in total. The van der Waals surface area contributed by atoms with Gasteiger partial charge in [-0.2, -0.15) is 5.26 Å². The van der Waals surface area contributed by atoms with Crippen LogP contribution in [0, 0.1) is 16.7 Å². The van der Waals surface area contributed by atoms with E-state index in [4.69, 9.17) is 5.26 Å². The molecule has 1 aliphatic heterocycles. The molecule has 1 aromatic carbocycles. The Morgan fingerprint density at radius 2 is 2.25 bits per heavy atom. The minimum Gasteiger partial charge on any atom is -0.481 e. The fourth-order valence-corrected chi connectivity index (χ4v) is 2.56. The van der Waals surface area contributed by atoms with E-state index >= 15 is 0 Å². The number of nitriles is 1. The van der Waals surface area contributed by atoms with Gasteiger partial charge in [-0.15, -0.1) is 0 Å². The van der Waals surface area contributed by atoms with Crippen molar-refractivity contribution in [3.05, 3.63) is 35.4 Å². The van der Waals surface area contributed by atoms with Gasteiger partial charge in [-0.25, -0.2) is 0 Å². The van der Waals surface area contributed by atoms with E-state index in [1.165, 1.54) is 6.07 Å². The number of amides is 1. The maximum atomic E-state index is 12.4. The van der Waals surface area contributed by atoms with Crippen LogP contribution < -0.4 is 0 Å². The van der Waals surface area contributed by atoms with Crippen molar-refractivity contribution in [1.82, 2.24) is 4.90 Å². The predicted molar refractivity (Wildman–Crippen MR) is 72.0 cm³/mol. The number of benzene rings is 1. The first-order chi connectivity index (χ1) is 9.52.